The van der Waals surface area contributed by atoms with Crippen molar-refractivity contribution in [3.8, 4) is 5.75 Å². The molecule has 0 radical (unpaired) electrons. The van der Waals surface area contributed by atoms with Crippen LogP contribution in [0.3, 0.4) is 0 Å². The van der Waals surface area contributed by atoms with E-state index in [-0.39, 0.29) is 24.9 Å². The Morgan fingerprint density at radius 2 is 1.00 bits per heavy atom. The summed E-state index contributed by atoms with van der Waals surface area (Å²) in [5.74, 6) is 0.777. The summed E-state index contributed by atoms with van der Waals surface area (Å²) in [7, 11) is -0.371. The summed E-state index contributed by atoms with van der Waals surface area (Å²) in [5, 5.41) is 8.57. The third-order valence-electron chi connectivity index (χ3n) is 5.63. The van der Waals surface area contributed by atoms with Crippen LogP contribution < -0.4 is 10.2 Å². The molecule has 1 saturated heterocycles. The van der Waals surface area contributed by atoms with Gasteiger partial charge in [-0.15, -0.1) is 0 Å². The van der Waals surface area contributed by atoms with Gasteiger partial charge in [0.15, 0.2) is 0 Å². The Bertz CT molecular complexity index is 638. The average Bonchev–Trinajstić information content (AvgIpc) is 3.03. The monoisotopic (exact) mass is 484 g/mol. The summed E-state index contributed by atoms with van der Waals surface area (Å²) in [6.07, 6.45) is 0. The molecule has 1 N–H and O–H groups in total. The van der Waals surface area contributed by atoms with Gasteiger partial charge in [-0.3, -0.25) is 0 Å². The molecule has 10 heteroatoms. The summed E-state index contributed by atoms with van der Waals surface area (Å²) in [6.45, 7) is 13.5. The van der Waals surface area contributed by atoms with E-state index in [0.29, 0.717) is 72.7 Å². The molecule has 1 aliphatic heterocycles. The lowest BCUT2D eigenvalue weighted by atomic mass is 9.79. The molecule has 1 aliphatic rings. The van der Waals surface area contributed by atoms with E-state index in [2.05, 4.69) is 0 Å². The van der Waals surface area contributed by atoms with Crippen LogP contribution in [0.25, 0.3) is 0 Å². The lowest BCUT2D eigenvalue weighted by Crippen LogP contribution is -2.41. The van der Waals surface area contributed by atoms with E-state index >= 15 is 0 Å². The van der Waals surface area contributed by atoms with Gasteiger partial charge in [0.25, 0.3) is 0 Å². The zero-order valence-electron chi connectivity index (χ0n) is 21.1. The van der Waals surface area contributed by atoms with E-state index in [4.69, 9.17) is 42.8 Å². The third kappa shape index (κ3) is 10.6. The zero-order valence-corrected chi connectivity index (χ0v) is 21.1. The number of hydrogen-bond donors (Lipinski definition) is 1. The summed E-state index contributed by atoms with van der Waals surface area (Å²) in [5.41, 5.74) is 0.264. The normalized spacial score (nSPS) is 16.8. The molecule has 34 heavy (non-hydrogen) atoms. The van der Waals surface area contributed by atoms with Gasteiger partial charge in [-0.2, -0.15) is 0 Å². The predicted molar refractivity (Wildman–Crippen MR) is 129 cm³/mol. The Morgan fingerprint density at radius 3 is 1.41 bits per heavy atom. The van der Waals surface area contributed by atoms with Crippen LogP contribution in [0, 0.1) is 0 Å². The largest absolute Gasteiger partial charge is 0.494 e. The molecule has 1 fully saturated rings. The fourth-order valence-corrected chi connectivity index (χ4v) is 2.97. The zero-order chi connectivity index (χ0) is 24.7. The molecule has 194 valence electrons. The highest BCUT2D eigenvalue weighted by atomic mass is 16.7. The molecule has 0 amide bonds. The fourth-order valence-electron chi connectivity index (χ4n) is 2.97. The summed E-state index contributed by atoms with van der Waals surface area (Å²) in [6, 6.07) is 7.77. The van der Waals surface area contributed by atoms with E-state index in [1.807, 2.05) is 52.0 Å². The van der Waals surface area contributed by atoms with Gasteiger partial charge in [0, 0.05) is 0 Å². The molecule has 0 aromatic heterocycles. The Labute approximate surface area is 204 Å². The van der Waals surface area contributed by atoms with Gasteiger partial charge in [-0.1, -0.05) is 12.1 Å². The second-order valence-electron chi connectivity index (χ2n) is 8.79. The predicted octanol–water partition coefficient (Wildman–Crippen LogP) is 1.44. The topological polar surface area (TPSA) is 94.1 Å². The summed E-state index contributed by atoms with van der Waals surface area (Å²) < 4.78 is 44.7. The van der Waals surface area contributed by atoms with Crippen molar-refractivity contribution < 1.29 is 42.8 Å². The van der Waals surface area contributed by atoms with Crippen LogP contribution in [0.5, 0.6) is 5.75 Å². The van der Waals surface area contributed by atoms with E-state index in [1.165, 1.54) is 0 Å². The van der Waals surface area contributed by atoms with Crippen molar-refractivity contribution in [1.29, 1.82) is 0 Å². The fraction of sp³-hybridized carbons (Fsp3) is 0.750. The van der Waals surface area contributed by atoms with Crippen molar-refractivity contribution in [3.05, 3.63) is 24.3 Å². The minimum Gasteiger partial charge on any atom is -0.491 e. The molecule has 0 unspecified atom stereocenters. The van der Waals surface area contributed by atoms with Crippen molar-refractivity contribution in [3.63, 3.8) is 0 Å². The molecule has 0 aliphatic carbocycles. The Balaban J connectivity index is 1.40. The molecule has 0 spiro atoms. The van der Waals surface area contributed by atoms with E-state index in [9.17, 15) is 0 Å². The number of benzene rings is 1. The molecule has 9 nitrogen and oxygen atoms in total. The lowest BCUT2D eigenvalue weighted by molar-refractivity contribution is -0.0146. The van der Waals surface area contributed by atoms with Crippen LogP contribution in [0.15, 0.2) is 24.3 Å². The van der Waals surface area contributed by atoms with Gasteiger partial charge >= 0.3 is 7.12 Å². The maximum absolute atomic E-state index is 8.57. The second-order valence-corrected chi connectivity index (χ2v) is 8.79. The third-order valence-corrected chi connectivity index (χ3v) is 5.63. The van der Waals surface area contributed by atoms with E-state index in [0.717, 1.165) is 11.2 Å². The first-order valence-electron chi connectivity index (χ1n) is 11.9. The quantitative estimate of drug-likeness (QED) is 0.231. The number of aliphatic hydroxyl groups excluding tert-OH is 1. The Hall–Kier alpha value is -1.24. The van der Waals surface area contributed by atoms with Crippen molar-refractivity contribution >= 4 is 12.6 Å². The van der Waals surface area contributed by atoms with Crippen molar-refractivity contribution in [1.82, 2.24) is 0 Å². The van der Waals surface area contributed by atoms with Gasteiger partial charge in [0.05, 0.1) is 83.9 Å². The number of aliphatic hydroxyl groups is 1. The van der Waals surface area contributed by atoms with E-state index in [1.54, 1.807) is 0 Å². The molecule has 1 aromatic rings. The highest BCUT2D eigenvalue weighted by Crippen LogP contribution is 2.36. The first-order valence-corrected chi connectivity index (χ1v) is 11.9. The Kier molecular flexibility index (Phi) is 13.4. The van der Waals surface area contributed by atoms with Gasteiger partial charge in [0.2, 0.25) is 0 Å². The van der Waals surface area contributed by atoms with Gasteiger partial charge in [-0.25, -0.2) is 0 Å². The Morgan fingerprint density at radius 1 is 0.618 bits per heavy atom. The van der Waals surface area contributed by atoms with Crippen molar-refractivity contribution in [2.45, 2.75) is 38.9 Å². The molecule has 2 rings (SSSR count). The standard InChI is InChI=1S/C24H41BO9/c1-23(2)24(3,4)34-25(33-23)21-5-7-22(8-6-21)32-20-19-31-18-17-30-16-15-29-14-13-28-12-11-27-10-9-26/h5-8,26H,9-20H2,1-4H3. The van der Waals surface area contributed by atoms with Crippen LogP contribution in [0.1, 0.15) is 27.7 Å². The van der Waals surface area contributed by atoms with E-state index < -0.39 is 0 Å². The minimum atomic E-state index is -0.371. The lowest BCUT2D eigenvalue weighted by Gasteiger charge is -2.32. The smallest absolute Gasteiger partial charge is 0.491 e. The maximum atomic E-state index is 8.57. The SMILES string of the molecule is CC1(C)OB(c2ccc(OCCOCCOCCOCCOCCOCCO)cc2)OC1(C)C. The molecule has 0 atom stereocenters. The molecule has 0 bridgehead atoms. The highest BCUT2D eigenvalue weighted by molar-refractivity contribution is 6.62. The van der Waals surface area contributed by atoms with Gasteiger partial charge < -0.3 is 42.8 Å². The summed E-state index contributed by atoms with van der Waals surface area (Å²) >= 11 is 0. The average molecular weight is 484 g/mol. The molecule has 1 aromatic carbocycles. The van der Waals surface area contributed by atoms with Crippen LogP contribution in [0.2, 0.25) is 0 Å². The molecule has 0 saturated carbocycles. The van der Waals surface area contributed by atoms with Gasteiger partial charge in [0.1, 0.15) is 12.4 Å². The minimum absolute atomic E-state index is 0.0292. The van der Waals surface area contributed by atoms with Crippen molar-refractivity contribution in [2.24, 2.45) is 0 Å². The first-order chi connectivity index (χ1) is 16.4. The molecular formula is C24H41BO9. The summed E-state index contributed by atoms with van der Waals surface area (Å²) in [4.78, 5) is 0. The second kappa shape index (κ2) is 15.7. The van der Waals surface area contributed by atoms with Crippen LogP contribution in [0.4, 0.5) is 0 Å². The number of hydrogen-bond acceptors (Lipinski definition) is 9. The van der Waals surface area contributed by atoms with Crippen LogP contribution in [-0.4, -0.2) is 103 Å². The molecule has 1 heterocycles. The first kappa shape index (κ1) is 29.0. The van der Waals surface area contributed by atoms with Crippen LogP contribution >= 0.6 is 0 Å². The van der Waals surface area contributed by atoms with Crippen LogP contribution in [-0.2, 0) is 33.0 Å². The maximum Gasteiger partial charge on any atom is 0.494 e. The molecular weight excluding hydrogens is 443 g/mol. The number of rotatable bonds is 19. The highest BCUT2D eigenvalue weighted by Gasteiger charge is 2.51. The van der Waals surface area contributed by atoms with Gasteiger partial charge in [-0.05, 0) is 45.3 Å². The van der Waals surface area contributed by atoms with Crippen molar-refractivity contribution in [2.75, 3.05) is 79.3 Å². The number of ether oxygens (including phenoxy) is 6.